The Morgan fingerprint density at radius 1 is 1.00 bits per heavy atom. The summed E-state index contributed by atoms with van der Waals surface area (Å²) in [5.74, 6) is 0.958. The van der Waals surface area contributed by atoms with Crippen LogP contribution in [0.2, 0.25) is 0 Å². The first-order valence-corrected chi connectivity index (χ1v) is 10.6. The second kappa shape index (κ2) is 9.18. The summed E-state index contributed by atoms with van der Waals surface area (Å²) in [7, 11) is 0. The van der Waals surface area contributed by atoms with Gasteiger partial charge in [-0.2, -0.15) is 0 Å². The van der Waals surface area contributed by atoms with Crippen LogP contribution >= 0.6 is 0 Å². The van der Waals surface area contributed by atoms with Crippen LogP contribution in [0.4, 0.5) is 5.69 Å². The maximum Gasteiger partial charge on any atom is 0.225 e. The molecule has 2 aliphatic rings. The molecule has 1 aliphatic carbocycles. The van der Waals surface area contributed by atoms with Crippen LogP contribution in [0.5, 0.6) is 0 Å². The zero-order valence-corrected chi connectivity index (χ0v) is 16.5. The van der Waals surface area contributed by atoms with Crippen LogP contribution in [0.3, 0.4) is 0 Å². The van der Waals surface area contributed by atoms with Crippen molar-refractivity contribution in [1.29, 1.82) is 0 Å². The lowest BCUT2D eigenvalue weighted by Crippen LogP contribution is -2.41. The zero-order valence-electron chi connectivity index (χ0n) is 16.5. The molecule has 1 aromatic carbocycles. The molecular formula is C23H30N4O. The van der Waals surface area contributed by atoms with Crippen molar-refractivity contribution in [3.8, 4) is 0 Å². The summed E-state index contributed by atoms with van der Waals surface area (Å²) in [5, 5.41) is 0. The molecule has 0 N–H and O–H groups in total. The van der Waals surface area contributed by atoms with Crippen LogP contribution < -0.4 is 4.90 Å². The molecule has 1 atom stereocenters. The molecule has 2 heterocycles. The van der Waals surface area contributed by atoms with Crippen LogP contribution in [-0.2, 0) is 11.2 Å². The molecule has 0 bridgehead atoms. The number of hydrogen-bond donors (Lipinski definition) is 0. The standard InChI is InChI=1S/C23H30N4O/c28-23(20-7-3-1-4-8-20)27-14-13-26(22-9-5-2-6-10-22)17-19(18-27)15-21-16-24-11-12-25-21/h2,5-6,9-12,16,19-20H,1,3-4,7-8,13-15,17-18H2. The highest BCUT2D eigenvalue weighted by molar-refractivity contribution is 5.79. The molecule has 1 aromatic heterocycles. The van der Waals surface area contributed by atoms with E-state index in [0.717, 1.165) is 51.1 Å². The highest BCUT2D eigenvalue weighted by atomic mass is 16.2. The number of anilines is 1. The molecule has 1 saturated heterocycles. The van der Waals surface area contributed by atoms with Gasteiger partial charge < -0.3 is 9.80 Å². The van der Waals surface area contributed by atoms with Gasteiger partial charge in [-0.05, 0) is 37.3 Å². The zero-order chi connectivity index (χ0) is 19.2. The average Bonchev–Trinajstić information content (AvgIpc) is 2.98. The van der Waals surface area contributed by atoms with Gasteiger partial charge in [0.1, 0.15) is 0 Å². The number of carbonyl (C=O) groups excluding carboxylic acids is 1. The minimum Gasteiger partial charge on any atom is -0.369 e. The van der Waals surface area contributed by atoms with Crippen molar-refractivity contribution in [1.82, 2.24) is 14.9 Å². The SMILES string of the molecule is O=C(C1CCCCC1)N1CCN(c2ccccc2)CC(Cc2cnccn2)C1. The molecule has 148 valence electrons. The molecule has 5 heteroatoms. The van der Waals surface area contributed by atoms with Gasteiger partial charge in [0.05, 0.1) is 5.69 Å². The fourth-order valence-electron chi connectivity index (χ4n) is 4.65. The van der Waals surface area contributed by atoms with Gasteiger partial charge in [-0.25, -0.2) is 0 Å². The quantitative estimate of drug-likeness (QED) is 0.816. The van der Waals surface area contributed by atoms with Crippen molar-refractivity contribution < 1.29 is 4.79 Å². The first-order valence-electron chi connectivity index (χ1n) is 10.6. The van der Waals surface area contributed by atoms with Crippen LogP contribution in [0.25, 0.3) is 0 Å². The number of hydrogen-bond acceptors (Lipinski definition) is 4. The molecule has 28 heavy (non-hydrogen) atoms. The van der Waals surface area contributed by atoms with Crippen molar-refractivity contribution in [2.24, 2.45) is 11.8 Å². The summed E-state index contributed by atoms with van der Waals surface area (Å²) in [6.45, 7) is 3.45. The fraction of sp³-hybridized carbons (Fsp3) is 0.522. The van der Waals surface area contributed by atoms with Crippen molar-refractivity contribution in [2.75, 3.05) is 31.1 Å². The second-order valence-electron chi connectivity index (χ2n) is 8.17. The highest BCUT2D eigenvalue weighted by Gasteiger charge is 2.31. The van der Waals surface area contributed by atoms with Crippen molar-refractivity contribution in [3.05, 3.63) is 54.6 Å². The smallest absolute Gasteiger partial charge is 0.225 e. The molecular weight excluding hydrogens is 348 g/mol. The third kappa shape index (κ3) is 4.70. The van der Waals surface area contributed by atoms with E-state index in [1.807, 2.05) is 6.20 Å². The molecule has 0 spiro atoms. The minimum atomic E-state index is 0.231. The van der Waals surface area contributed by atoms with E-state index in [9.17, 15) is 4.79 Å². The van der Waals surface area contributed by atoms with Gasteiger partial charge in [0, 0.05) is 56.4 Å². The first kappa shape index (κ1) is 18.9. The molecule has 1 aliphatic heterocycles. The Hall–Kier alpha value is -2.43. The summed E-state index contributed by atoms with van der Waals surface area (Å²) >= 11 is 0. The Kier molecular flexibility index (Phi) is 6.20. The average molecular weight is 379 g/mol. The molecule has 0 radical (unpaired) electrons. The van der Waals surface area contributed by atoms with Crippen LogP contribution in [-0.4, -0.2) is 47.0 Å². The van der Waals surface area contributed by atoms with Gasteiger partial charge in [0.25, 0.3) is 0 Å². The summed E-state index contributed by atoms with van der Waals surface area (Å²) in [5.41, 5.74) is 2.24. The van der Waals surface area contributed by atoms with E-state index in [4.69, 9.17) is 0 Å². The molecule has 1 unspecified atom stereocenters. The second-order valence-corrected chi connectivity index (χ2v) is 8.17. The van der Waals surface area contributed by atoms with E-state index in [1.54, 1.807) is 12.4 Å². The number of carbonyl (C=O) groups is 1. The number of aromatic nitrogens is 2. The summed E-state index contributed by atoms with van der Waals surface area (Å²) in [6.07, 6.45) is 12.0. The largest absolute Gasteiger partial charge is 0.369 e. The Bertz CT molecular complexity index is 746. The predicted molar refractivity (Wildman–Crippen MR) is 111 cm³/mol. The van der Waals surface area contributed by atoms with E-state index < -0.39 is 0 Å². The Labute approximate surface area is 167 Å². The van der Waals surface area contributed by atoms with Gasteiger partial charge in [-0.15, -0.1) is 0 Å². The van der Waals surface area contributed by atoms with Crippen molar-refractivity contribution in [3.63, 3.8) is 0 Å². The van der Waals surface area contributed by atoms with E-state index in [2.05, 4.69) is 50.1 Å². The Balaban J connectivity index is 1.52. The summed E-state index contributed by atoms with van der Waals surface area (Å²) < 4.78 is 0. The number of rotatable bonds is 4. The Morgan fingerprint density at radius 2 is 1.82 bits per heavy atom. The van der Waals surface area contributed by atoms with Gasteiger partial charge in [-0.1, -0.05) is 37.5 Å². The highest BCUT2D eigenvalue weighted by Crippen LogP contribution is 2.27. The van der Waals surface area contributed by atoms with E-state index >= 15 is 0 Å². The number of para-hydroxylation sites is 1. The molecule has 4 rings (SSSR count). The monoisotopic (exact) mass is 378 g/mol. The summed E-state index contributed by atoms with van der Waals surface area (Å²) in [6, 6.07) is 10.6. The topological polar surface area (TPSA) is 49.3 Å². The van der Waals surface area contributed by atoms with Gasteiger partial charge >= 0.3 is 0 Å². The van der Waals surface area contributed by atoms with Gasteiger partial charge in [0.15, 0.2) is 0 Å². The van der Waals surface area contributed by atoms with E-state index in [-0.39, 0.29) is 5.92 Å². The maximum absolute atomic E-state index is 13.2. The van der Waals surface area contributed by atoms with Crippen LogP contribution in [0.1, 0.15) is 37.8 Å². The van der Waals surface area contributed by atoms with Crippen LogP contribution in [0, 0.1) is 11.8 Å². The van der Waals surface area contributed by atoms with Gasteiger partial charge in [-0.3, -0.25) is 14.8 Å². The predicted octanol–water partition coefficient (Wildman–Crippen LogP) is 3.56. The molecule has 2 aromatic rings. The normalized spacial score (nSPS) is 21.4. The van der Waals surface area contributed by atoms with Crippen LogP contribution in [0.15, 0.2) is 48.9 Å². The number of amides is 1. The van der Waals surface area contributed by atoms with Gasteiger partial charge in [0.2, 0.25) is 5.91 Å². The third-order valence-electron chi connectivity index (χ3n) is 6.10. The fourth-order valence-corrected chi connectivity index (χ4v) is 4.65. The lowest BCUT2D eigenvalue weighted by atomic mass is 9.88. The lowest BCUT2D eigenvalue weighted by molar-refractivity contribution is -0.136. The Morgan fingerprint density at radius 3 is 2.57 bits per heavy atom. The van der Waals surface area contributed by atoms with Crippen molar-refractivity contribution in [2.45, 2.75) is 38.5 Å². The minimum absolute atomic E-state index is 0.231. The molecule has 2 fully saturated rings. The summed E-state index contributed by atoms with van der Waals surface area (Å²) in [4.78, 5) is 26.5. The van der Waals surface area contributed by atoms with E-state index in [1.165, 1.54) is 24.9 Å². The lowest BCUT2D eigenvalue weighted by Gasteiger charge is -2.29. The van der Waals surface area contributed by atoms with E-state index in [0.29, 0.717) is 11.8 Å². The number of nitrogens with zero attached hydrogens (tertiary/aromatic N) is 4. The first-order chi connectivity index (χ1) is 13.8. The maximum atomic E-state index is 13.2. The molecule has 1 amide bonds. The molecule has 5 nitrogen and oxygen atoms in total. The number of benzene rings is 1. The molecule has 1 saturated carbocycles. The van der Waals surface area contributed by atoms with Crippen molar-refractivity contribution >= 4 is 11.6 Å². The third-order valence-corrected chi connectivity index (χ3v) is 6.10.